The number of carbonyl (C=O) groups excluding carboxylic acids is 3. The van der Waals surface area contributed by atoms with E-state index in [-0.39, 0.29) is 37.3 Å². The van der Waals surface area contributed by atoms with E-state index in [9.17, 15) is 24.3 Å². The molecule has 6 aromatic rings. The summed E-state index contributed by atoms with van der Waals surface area (Å²) in [5.74, 6) is 1.15. The molecular weight excluding hydrogens is 1040 g/mol. The van der Waals surface area contributed by atoms with Gasteiger partial charge in [0.25, 0.3) is 11.8 Å². The topological polar surface area (TPSA) is 243 Å². The lowest BCUT2D eigenvalue weighted by atomic mass is 10.1. The molecule has 4 aromatic carbocycles. The number of benzene rings is 4. The first-order chi connectivity index (χ1) is 36.3. The SMILES string of the molecule is CC(C)Oc1ccc(-c2noc(-c3ccc(N[C@@H]4C[C@H](C(=O)O)N(C(=O)OC(C)(C)C)C4)cc3)n2)cc1Cl.COC(=O)[C@H]1C[C@@H](Nc2ccc(-c3nc(-c4ccc(OC(C)C)c(Cl)c4)no3)cc2)CN1C(=O)OC(C)(C)C. The molecule has 4 atom stereocenters. The van der Waals surface area contributed by atoms with Gasteiger partial charge in [0.2, 0.25) is 11.6 Å². The number of likely N-dealkylation sites (tertiary alicyclic amines) is 2. The molecule has 0 saturated carbocycles. The number of esters is 1. The Morgan fingerprint density at radius 3 is 1.34 bits per heavy atom. The van der Waals surface area contributed by atoms with Crippen molar-refractivity contribution >= 4 is 58.7 Å². The highest BCUT2D eigenvalue weighted by molar-refractivity contribution is 6.32. The molecule has 2 fully saturated rings. The van der Waals surface area contributed by atoms with Crippen molar-refractivity contribution in [3.63, 3.8) is 0 Å². The molecule has 8 rings (SSSR count). The average Bonchev–Trinajstić information content (AvgIpc) is 4.20. The summed E-state index contributed by atoms with van der Waals surface area (Å²) < 4.78 is 38.1. The highest BCUT2D eigenvalue weighted by Gasteiger charge is 2.43. The summed E-state index contributed by atoms with van der Waals surface area (Å²) in [5, 5.41) is 25.4. The summed E-state index contributed by atoms with van der Waals surface area (Å²) in [4.78, 5) is 61.0. The van der Waals surface area contributed by atoms with Crippen molar-refractivity contribution in [1.82, 2.24) is 30.1 Å². The molecule has 4 heterocycles. The fourth-order valence-electron chi connectivity index (χ4n) is 8.30. The van der Waals surface area contributed by atoms with E-state index in [0.717, 1.165) is 16.9 Å². The zero-order valence-electron chi connectivity index (χ0n) is 44.8. The Hall–Kier alpha value is -7.58. The maximum Gasteiger partial charge on any atom is 0.411 e. The van der Waals surface area contributed by atoms with Crippen LogP contribution in [0.4, 0.5) is 21.0 Å². The quantitative estimate of drug-likeness (QED) is 0.0678. The van der Waals surface area contributed by atoms with Crippen molar-refractivity contribution in [2.75, 3.05) is 30.8 Å². The van der Waals surface area contributed by atoms with E-state index < -0.39 is 47.4 Å². The molecule has 2 saturated heterocycles. The van der Waals surface area contributed by atoms with Gasteiger partial charge in [-0.2, -0.15) is 9.97 Å². The number of aromatic nitrogens is 4. The molecule has 20 nitrogen and oxygen atoms in total. The summed E-state index contributed by atoms with van der Waals surface area (Å²) in [6, 6.07) is 23.3. The van der Waals surface area contributed by atoms with E-state index >= 15 is 0 Å². The van der Waals surface area contributed by atoms with E-state index in [4.69, 9.17) is 55.9 Å². The molecule has 2 aromatic heterocycles. The first kappa shape index (κ1) is 57.1. The van der Waals surface area contributed by atoms with E-state index in [1.54, 1.807) is 65.8 Å². The van der Waals surface area contributed by atoms with E-state index in [2.05, 4.69) is 30.9 Å². The summed E-state index contributed by atoms with van der Waals surface area (Å²) in [5.41, 5.74) is 3.04. The molecule has 2 amide bonds. The lowest BCUT2D eigenvalue weighted by molar-refractivity contribution is -0.145. The predicted octanol–water partition coefficient (Wildman–Crippen LogP) is 11.5. The number of nitrogens with zero attached hydrogens (tertiary/aromatic N) is 6. The number of halogens is 2. The van der Waals surface area contributed by atoms with Crippen molar-refractivity contribution in [3.05, 3.63) is 95.0 Å². The Bertz CT molecular complexity index is 3020. The van der Waals surface area contributed by atoms with Gasteiger partial charge in [0.1, 0.15) is 34.8 Å². The number of carboxylic acids is 1. The van der Waals surface area contributed by atoms with Crippen molar-refractivity contribution < 1.29 is 57.0 Å². The van der Waals surface area contributed by atoms with Gasteiger partial charge in [0, 0.05) is 71.6 Å². The van der Waals surface area contributed by atoms with Gasteiger partial charge >= 0.3 is 24.1 Å². The first-order valence-electron chi connectivity index (χ1n) is 25.0. The van der Waals surface area contributed by atoms with Crippen LogP contribution in [-0.4, -0.2) is 127 Å². The van der Waals surface area contributed by atoms with Crippen LogP contribution in [0.5, 0.6) is 11.5 Å². The first-order valence-corrected chi connectivity index (χ1v) is 25.7. The second kappa shape index (κ2) is 24.2. The minimum atomic E-state index is -1.06. The highest BCUT2D eigenvalue weighted by atomic mass is 35.5. The van der Waals surface area contributed by atoms with Crippen LogP contribution >= 0.6 is 23.2 Å². The number of carboxylic acid groups (broad SMARTS) is 1. The van der Waals surface area contributed by atoms with Gasteiger partial charge < -0.3 is 48.5 Å². The third-order valence-electron chi connectivity index (χ3n) is 11.6. The van der Waals surface area contributed by atoms with Crippen LogP contribution in [-0.2, 0) is 23.8 Å². The maximum atomic E-state index is 12.7. The molecule has 0 spiro atoms. The second-order valence-electron chi connectivity index (χ2n) is 20.9. The van der Waals surface area contributed by atoms with E-state index in [1.165, 1.54) is 16.9 Å². The summed E-state index contributed by atoms with van der Waals surface area (Å²) in [6.45, 7) is 18.8. The highest BCUT2D eigenvalue weighted by Crippen LogP contribution is 2.34. The lowest BCUT2D eigenvalue weighted by Gasteiger charge is -2.27. The number of anilines is 2. The van der Waals surface area contributed by atoms with Gasteiger partial charge in [-0.15, -0.1) is 0 Å². The summed E-state index contributed by atoms with van der Waals surface area (Å²) >= 11 is 12.7. The fraction of sp³-hybridized carbons (Fsp3) is 0.418. The van der Waals surface area contributed by atoms with Crippen molar-refractivity contribution in [3.8, 4) is 57.2 Å². The largest absolute Gasteiger partial charge is 0.489 e. The number of rotatable bonds is 14. The third-order valence-corrected chi connectivity index (χ3v) is 12.2. The normalized spacial score (nSPS) is 17.4. The van der Waals surface area contributed by atoms with Gasteiger partial charge in [-0.3, -0.25) is 9.80 Å². The predicted molar refractivity (Wildman–Crippen MR) is 289 cm³/mol. The standard InChI is InChI=1S/C28H33ClN4O6.C27H31ClN4O6/c1-16(2)37-23-12-9-18(13-21(23)29)24-31-25(39-32-24)17-7-10-19(11-8-17)30-20-14-22(26(34)36-6)33(15-20)27(35)38-28(3,4)5;1-15(2)36-22-11-8-17(12-20(22)28)23-30-24(38-31-23)16-6-9-18(10-7-16)29-19-13-21(25(33)34)32(14-19)26(35)37-27(3,4)5/h7-13,16,20,22,30H,14-15H2,1-6H3;6-12,15,19,21,29H,13-14H2,1-5H3,(H,33,34)/t20-,22-;19-,21-/m11/s1. The smallest absolute Gasteiger partial charge is 0.411 e. The fourth-order valence-corrected chi connectivity index (χ4v) is 8.75. The Kier molecular flexibility index (Phi) is 17.9. The Balaban J connectivity index is 0.000000224. The number of methoxy groups -OCH3 is 1. The number of amides is 2. The number of hydrogen-bond donors (Lipinski definition) is 3. The molecule has 410 valence electrons. The van der Waals surface area contributed by atoms with Crippen LogP contribution in [0, 0.1) is 0 Å². The number of hydrogen-bond acceptors (Lipinski definition) is 17. The molecular formula is C55H64Cl2N8O12. The van der Waals surface area contributed by atoms with Gasteiger partial charge in [-0.1, -0.05) is 33.5 Å². The van der Waals surface area contributed by atoms with Crippen molar-refractivity contribution in [2.24, 2.45) is 0 Å². The monoisotopic (exact) mass is 1100 g/mol. The third kappa shape index (κ3) is 15.3. The van der Waals surface area contributed by atoms with E-state index in [0.29, 0.717) is 74.6 Å². The Labute approximate surface area is 456 Å². The minimum Gasteiger partial charge on any atom is -0.489 e. The van der Waals surface area contributed by atoms with Gasteiger partial charge in [-0.05, 0) is 154 Å². The molecule has 2 aliphatic rings. The average molecular weight is 1100 g/mol. The second-order valence-corrected chi connectivity index (χ2v) is 21.8. The van der Waals surface area contributed by atoms with Crippen LogP contribution in [0.3, 0.4) is 0 Å². The van der Waals surface area contributed by atoms with Crippen LogP contribution in [0.25, 0.3) is 45.7 Å². The molecule has 3 N–H and O–H groups in total. The molecule has 0 radical (unpaired) electrons. The van der Waals surface area contributed by atoms with Gasteiger partial charge in [0.05, 0.1) is 29.4 Å². The Morgan fingerprint density at radius 1 is 0.610 bits per heavy atom. The maximum absolute atomic E-state index is 12.7. The number of nitrogens with one attached hydrogen (secondary N) is 2. The summed E-state index contributed by atoms with van der Waals surface area (Å²) in [7, 11) is 1.31. The molecule has 77 heavy (non-hydrogen) atoms. The van der Waals surface area contributed by atoms with Crippen LogP contribution in [0.15, 0.2) is 94.0 Å². The zero-order valence-corrected chi connectivity index (χ0v) is 46.3. The van der Waals surface area contributed by atoms with E-state index in [1.807, 2.05) is 88.4 Å². The number of ether oxygens (including phenoxy) is 5. The molecule has 0 bridgehead atoms. The van der Waals surface area contributed by atoms with Crippen molar-refractivity contribution in [2.45, 2.75) is 130 Å². The molecule has 0 aliphatic carbocycles. The van der Waals surface area contributed by atoms with Crippen molar-refractivity contribution in [1.29, 1.82) is 0 Å². The molecule has 22 heteroatoms. The van der Waals surface area contributed by atoms with Crippen LogP contribution < -0.4 is 20.1 Å². The summed E-state index contributed by atoms with van der Waals surface area (Å²) in [6.07, 6.45) is -0.525. The molecule has 2 aliphatic heterocycles. The van der Waals surface area contributed by atoms with Crippen LogP contribution in [0.2, 0.25) is 10.0 Å². The zero-order chi connectivity index (χ0) is 55.9. The van der Waals surface area contributed by atoms with Crippen LogP contribution in [0.1, 0.15) is 82.1 Å². The number of aliphatic carboxylic acids is 1. The van der Waals surface area contributed by atoms with Gasteiger partial charge in [-0.25, -0.2) is 19.2 Å². The molecule has 0 unspecified atom stereocenters. The van der Waals surface area contributed by atoms with Gasteiger partial charge in [0.15, 0.2) is 0 Å². The Morgan fingerprint density at radius 2 is 0.987 bits per heavy atom. The minimum absolute atomic E-state index is 0.00349. The number of carbonyl (C=O) groups is 4. The lowest BCUT2D eigenvalue weighted by Crippen LogP contribution is -2.44.